The molecule has 0 aliphatic rings. The molecule has 0 saturated heterocycles. The first kappa shape index (κ1) is 13.9. The number of benzene rings is 2. The van der Waals surface area contributed by atoms with Gasteiger partial charge in [-0.3, -0.25) is 0 Å². The predicted octanol–water partition coefficient (Wildman–Crippen LogP) is 4.28. The van der Waals surface area contributed by atoms with Crippen molar-refractivity contribution >= 4 is 11.6 Å². The predicted molar refractivity (Wildman–Crippen MR) is 77.6 cm³/mol. The highest BCUT2D eigenvalue weighted by atomic mass is 35.5. The lowest BCUT2D eigenvalue weighted by atomic mass is 10.1. The van der Waals surface area contributed by atoms with E-state index < -0.39 is 6.10 Å². The fourth-order valence-corrected chi connectivity index (χ4v) is 2.07. The van der Waals surface area contributed by atoms with Gasteiger partial charge in [-0.25, -0.2) is 0 Å². The van der Waals surface area contributed by atoms with Gasteiger partial charge < -0.3 is 9.84 Å². The van der Waals surface area contributed by atoms with Crippen LogP contribution in [0.4, 0.5) is 0 Å². The monoisotopic (exact) mass is 276 g/mol. The Morgan fingerprint density at radius 2 is 1.95 bits per heavy atom. The quantitative estimate of drug-likeness (QED) is 0.903. The summed E-state index contributed by atoms with van der Waals surface area (Å²) in [5.41, 5.74) is 2.82. The fourth-order valence-electron chi connectivity index (χ4n) is 1.88. The second-order valence-electron chi connectivity index (χ2n) is 4.60. The number of halogens is 1. The zero-order valence-electron chi connectivity index (χ0n) is 11.1. The summed E-state index contributed by atoms with van der Waals surface area (Å²) in [5.74, 6) is 0.704. The molecule has 0 spiro atoms. The van der Waals surface area contributed by atoms with E-state index in [0.717, 1.165) is 16.7 Å². The number of hydrogen-bond acceptors (Lipinski definition) is 2. The Labute approximate surface area is 118 Å². The van der Waals surface area contributed by atoms with E-state index in [0.29, 0.717) is 17.4 Å². The highest BCUT2D eigenvalue weighted by molar-refractivity contribution is 6.31. The summed E-state index contributed by atoms with van der Waals surface area (Å²) in [6.45, 7) is 4.12. The van der Waals surface area contributed by atoms with Crippen molar-refractivity contribution in [3.05, 3.63) is 64.2 Å². The summed E-state index contributed by atoms with van der Waals surface area (Å²) in [6, 6.07) is 13.4. The Hall–Kier alpha value is -1.51. The molecule has 0 fully saturated rings. The summed E-state index contributed by atoms with van der Waals surface area (Å²) in [6.07, 6.45) is -0.554. The molecule has 0 aliphatic carbocycles. The molecule has 0 radical (unpaired) electrons. The fraction of sp³-hybridized carbons (Fsp3) is 0.250. The Kier molecular flexibility index (Phi) is 4.46. The van der Waals surface area contributed by atoms with Crippen molar-refractivity contribution in [1.29, 1.82) is 0 Å². The van der Waals surface area contributed by atoms with Crippen LogP contribution in [0, 0.1) is 6.92 Å². The van der Waals surface area contributed by atoms with Crippen molar-refractivity contribution in [2.75, 3.05) is 0 Å². The maximum Gasteiger partial charge on any atom is 0.125 e. The minimum absolute atomic E-state index is 0.392. The standard InChI is InChI=1S/C16H17ClO2/c1-11-7-8-14(12(2)18)16(9-11)19-10-13-5-3-4-6-15(13)17/h3-9,12,18H,10H2,1-2H3. The van der Waals surface area contributed by atoms with Crippen LogP contribution in [0.1, 0.15) is 29.7 Å². The van der Waals surface area contributed by atoms with Crippen molar-refractivity contribution in [3.8, 4) is 5.75 Å². The minimum atomic E-state index is -0.554. The van der Waals surface area contributed by atoms with Gasteiger partial charge in [0.15, 0.2) is 0 Å². The highest BCUT2D eigenvalue weighted by Gasteiger charge is 2.10. The molecule has 2 nitrogen and oxygen atoms in total. The Balaban J connectivity index is 2.19. The second-order valence-corrected chi connectivity index (χ2v) is 5.00. The SMILES string of the molecule is Cc1ccc(C(C)O)c(OCc2ccccc2Cl)c1. The molecule has 2 aromatic rings. The molecule has 1 atom stereocenters. The van der Waals surface area contributed by atoms with Crippen LogP contribution in [0.5, 0.6) is 5.75 Å². The van der Waals surface area contributed by atoms with E-state index in [1.807, 2.05) is 49.4 Å². The van der Waals surface area contributed by atoms with E-state index in [1.165, 1.54) is 0 Å². The van der Waals surface area contributed by atoms with Gasteiger partial charge in [0.25, 0.3) is 0 Å². The van der Waals surface area contributed by atoms with E-state index >= 15 is 0 Å². The molecule has 0 heterocycles. The molecule has 100 valence electrons. The maximum absolute atomic E-state index is 9.74. The molecule has 0 bridgehead atoms. The molecule has 1 unspecified atom stereocenters. The van der Waals surface area contributed by atoms with Crippen LogP contribution in [0.3, 0.4) is 0 Å². The van der Waals surface area contributed by atoms with Crippen molar-refractivity contribution in [3.63, 3.8) is 0 Å². The molecule has 0 aromatic heterocycles. The second kappa shape index (κ2) is 6.09. The molecule has 19 heavy (non-hydrogen) atoms. The molecule has 3 heteroatoms. The molecule has 0 saturated carbocycles. The lowest BCUT2D eigenvalue weighted by Gasteiger charge is -2.14. The summed E-state index contributed by atoms with van der Waals surface area (Å²) >= 11 is 6.09. The number of aliphatic hydroxyl groups excluding tert-OH is 1. The average Bonchev–Trinajstić information content (AvgIpc) is 2.37. The topological polar surface area (TPSA) is 29.5 Å². The number of hydrogen-bond donors (Lipinski definition) is 1. The molecule has 0 amide bonds. The first-order chi connectivity index (χ1) is 9.08. The van der Waals surface area contributed by atoms with Crippen LogP contribution in [0.15, 0.2) is 42.5 Å². The smallest absolute Gasteiger partial charge is 0.125 e. The summed E-state index contributed by atoms with van der Waals surface area (Å²) in [4.78, 5) is 0. The molecule has 1 N–H and O–H groups in total. The lowest BCUT2D eigenvalue weighted by Crippen LogP contribution is -2.01. The van der Waals surface area contributed by atoms with Crippen molar-refractivity contribution in [2.24, 2.45) is 0 Å². The first-order valence-electron chi connectivity index (χ1n) is 6.22. The van der Waals surface area contributed by atoms with Gasteiger partial charge >= 0.3 is 0 Å². The largest absolute Gasteiger partial charge is 0.488 e. The third-order valence-corrected chi connectivity index (χ3v) is 3.33. The minimum Gasteiger partial charge on any atom is -0.488 e. The van der Waals surface area contributed by atoms with Crippen molar-refractivity contribution in [1.82, 2.24) is 0 Å². The van der Waals surface area contributed by atoms with E-state index in [4.69, 9.17) is 16.3 Å². The van der Waals surface area contributed by atoms with Gasteiger partial charge in [-0.2, -0.15) is 0 Å². The zero-order chi connectivity index (χ0) is 13.8. The Morgan fingerprint density at radius 1 is 1.21 bits per heavy atom. The molecular formula is C16H17ClO2. The summed E-state index contributed by atoms with van der Waals surface area (Å²) < 4.78 is 5.80. The molecule has 2 aromatic carbocycles. The van der Waals surface area contributed by atoms with Gasteiger partial charge in [0.1, 0.15) is 12.4 Å². The van der Waals surface area contributed by atoms with Crippen LogP contribution >= 0.6 is 11.6 Å². The van der Waals surface area contributed by atoms with Gasteiger partial charge in [-0.05, 0) is 31.5 Å². The van der Waals surface area contributed by atoms with Gasteiger partial charge in [-0.1, -0.05) is 41.9 Å². The molecular weight excluding hydrogens is 260 g/mol. The molecule has 0 aliphatic heterocycles. The number of rotatable bonds is 4. The van der Waals surface area contributed by atoms with E-state index in [1.54, 1.807) is 6.92 Å². The molecule has 2 rings (SSSR count). The summed E-state index contributed by atoms with van der Waals surface area (Å²) in [5, 5.41) is 10.4. The Morgan fingerprint density at radius 3 is 2.63 bits per heavy atom. The normalized spacial score (nSPS) is 12.2. The van der Waals surface area contributed by atoms with E-state index in [9.17, 15) is 5.11 Å². The number of aliphatic hydroxyl groups is 1. The number of ether oxygens (including phenoxy) is 1. The van der Waals surface area contributed by atoms with Crippen LogP contribution in [0.25, 0.3) is 0 Å². The van der Waals surface area contributed by atoms with Gasteiger partial charge in [0, 0.05) is 16.1 Å². The van der Waals surface area contributed by atoms with Crippen LogP contribution < -0.4 is 4.74 Å². The number of aryl methyl sites for hydroxylation is 1. The van der Waals surface area contributed by atoms with Crippen molar-refractivity contribution < 1.29 is 9.84 Å². The summed E-state index contributed by atoms with van der Waals surface area (Å²) in [7, 11) is 0. The van der Waals surface area contributed by atoms with Gasteiger partial charge in [0.05, 0.1) is 6.10 Å². The van der Waals surface area contributed by atoms with Gasteiger partial charge in [0.2, 0.25) is 0 Å². The zero-order valence-corrected chi connectivity index (χ0v) is 11.8. The lowest BCUT2D eigenvalue weighted by molar-refractivity contribution is 0.190. The highest BCUT2D eigenvalue weighted by Crippen LogP contribution is 2.27. The Bertz CT molecular complexity index is 564. The van der Waals surface area contributed by atoms with Gasteiger partial charge in [-0.15, -0.1) is 0 Å². The third-order valence-electron chi connectivity index (χ3n) is 2.96. The first-order valence-corrected chi connectivity index (χ1v) is 6.60. The van der Waals surface area contributed by atoms with E-state index in [-0.39, 0.29) is 0 Å². The van der Waals surface area contributed by atoms with Crippen LogP contribution in [-0.2, 0) is 6.61 Å². The third kappa shape index (κ3) is 3.49. The average molecular weight is 277 g/mol. The maximum atomic E-state index is 9.74. The van der Waals surface area contributed by atoms with Crippen molar-refractivity contribution in [2.45, 2.75) is 26.6 Å². The van der Waals surface area contributed by atoms with Crippen LogP contribution in [0.2, 0.25) is 5.02 Å². The van der Waals surface area contributed by atoms with Crippen LogP contribution in [-0.4, -0.2) is 5.11 Å². The van der Waals surface area contributed by atoms with E-state index in [2.05, 4.69) is 0 Å².